The summed E-state index contributed by atoms with van der Waals surface area (Å²) >= 11 is 4.44. The van der Waals surface area contributed by atoms with Crippen molar-refractivity contribution in [1.82, 2.24) is 11.0 Å². The fourth-order valence-electron chi connectivity index (χ4n) is 5.40. The van der Waals surface area contributed by atoms with E-state index < -0.39 is 29.6 Å². The Bertz CT molecular complexity index is 1900. The van der Waals surface area contributed by atoms with Crippen molar-refractivity contribution in [1.29, 1.82) is 0 Å². The number of rotatable bonds is 14. The molecule has 2 fully saturated rings. The average Bonchev–Trinajstić information content (AvgIpc) is 4.05. The second-order valence-corrected chi connectivity index (χ2v) is 15.3. The van der Waals surface area contributed by atoms with Crippen LogP contribution in [0.5, 0.6) is 0 Å². The number of aliphatic hydroxyl groups excluding tert-OH is 2. The molecule has 6 rings (SSSR count). The zero-order chi connectivity index (χ0) is 37.4. The Morgan fingerprint density at radius 2 is 1.27 bits per heavy atom. The molecule has 3 unspecified atom stereocenters. The second kappa shape index (κ2) is 18.6. The van der Waals surface area contributed by atoms with E-state index in [1.54, 1.807) is 0 Å². The van der Waals surface area contributed by atoms with Gasteiger partial charge in [-0.05, 0) is 180 Å². The van der Waals surface area contributed by atoms with E-state index >= 15 is 0 Å². The van der Waals surface area contributed by atoms with Crippen molar-refractivity contribution >= 4 is 79.7 Å². The maximum Gasteiger partial charge on any atom is 0.276 e. The molecule has 276 valence electrons. The van der Waals surface area contributed by atoms with Gasteiger partial charge in [0.1, 0.15) is 17.7 Å². The van der Waals surface area contributed by atoms with Gasteiger partial charge in [-0.15, -0.1) is 0 Å². The lowest BCUT2D eigenvalue weighted by molar-refractivity contribution is -0.0496. The Kier molecular flexibility index (Phi) is 14.2. The number of carbonyl (C=O) groups excluding carboxylic acids is 2. The van der Waals surface area contributed by atoms with E-state index in [9.17, 15) is 23.5 Å². The minimum absolute atomic E-state index is 0.142. The van der Waals surface area contributed by atoms with Crippen molar-refractivity contribution in [2.24, 2.45) is 17.8 Å². The first kappa shape index (κ1) is 39.8. The number of aliphatic hydroxyl groups is 2. The summed E-state index contributed by atoms with van der Waals surface area (Å²) in [5, 5.41) is 24.6. The van der Waals surface area contributed by atoms with Crippen LogP contribution in [0.2, 0.25) is 0 Å². The first-order valence-electron chi connectivity index (χ1n) is 16.7. The molecule has 52 heavy (non-hydrogen) atoms. The average molecular weight is 941 g/mol. The van der Waals surface area contributed by atoms with Gasteiger partial charge in [-0.25, -0.2) is 19.7 Å². The lowest BCUT2D eigenvalue weighted by Crippen LogP contribution is -2.33. The van der Waals surface area contributed by atoms with Gasteiger partial charge < -0.3 is 20.8 Å². The van der Waals surface area contributed by atoms with Crippen LogP contribution in [0.25, 0.3) is 0 Å². The van der Waals surface area contributed by atoms with Gasteiger partial charge in [0.05, 0.1) is 35.7 Å². The van der Waals surface area contributed by atoms with Crippen LogP contribution in [0.4, 0.5) is 31.5 Å². The van der Waals surface area contributed by atoms with Crippen molar-refractivity contribution in [3.8, 4) is 0 Å². The van der Waals surface area contributed by atoms with E-state index in [-0.39, 0.29) is 36.5 Å². The largest absolute Gasteiger partial charge is 0.396 e. The second-order valence-electron chi connectivity index (χ2n) is 12.8. The molecule has 0 spiro atoms. The maximum atomic E-state index is 13.7. The summed E-state index contributed by atoms with van der Waals surface area (Å²) in [6.45, 7) is 4.23. The molecule has 4 aromatic carbocycles. The summed E-state index contributed by atoms with van der Waals surface area (Å²) in [6.07, 6.45) is 2.46. The predicted octanol–water partition coefficient (Wildman–Crippen LogP) is 7.69. The molecule has 10 nitrogen and oxygen atoms in total. The van der Waals surface area contributed by atoms with Crippen molar-refractivity contribution in [2.45, 2.75) is 39.2 Å². The minimum Gasteiger partial charge on any atom is -0.396 e. The standard InChI is InChI=1S/2C19H20FIN2O3/c1-11-6-15(21)3-5-17(11)22-18-8-14(20)2-4-16(18)19(25)23-26-10-13-7-12(13)9-24;1-11-8-14(21)5-7-16(11)22-17-9-13(20)4-6-15(17)19(25)23-26-18(10-24)12-2-3-12/h2-6,8,12-13,22,24H,7,9-10H2,1H3,(H,23,25);4-9,12,18,22,24H,2-3,10H2,1H3,(H,23,25). The summed E-state index contributed by atoms with van der Waals surface area (Å²) in [7, 11) is 0. The van der Waals surface area contributed by atoms with Crippen LogP contribution < -0.4 is 21.6 Å². The van der Waals surface area contributed by atoms with Crippen LogP contribution in [-0.2, 0) is 9.68 Å². The summed E-state index contributed by atoms with van der Waals surface area (Å²) < 4.78 is 29.6. The van der Waals surface area contributed by atoms with Crippen molar-refractivity contribution in [3.63, 3.8) is 0 Å². The molecule has 0 saturated heterocycles. The smallest absolute Gasteiger partial charge is 0.276 e. The van der Waals surface area contributed by atoms with Crippen LogP contribution >= 0.6 is 45.2 Å². The molecule has 14 heteroatoms. The van der Waals surface area contributed by atoms with Gasteiger partial charge in [0.2, 0.25) is 0 Å². The van der Waals surface area contributed by atoms with Gasteiger partial charge >= 0.3 is 0 Å². The van der Waals surface area contributed by atoms with Gasteiger partial charge in [-0.3, -0.25) is 19.3 Å². The normalized spacial score (nSPS) is 16.6. The number of nitrogens with one attached hydrogen (secondary N) is 4. The van der Waals surface area contributed by atoms with Crippen LogP contribution in [0.15, 0.2) is 72.8 Å². The molecule has 6 N–H and O–H groups in total. The molecular formula is C38H40F2I2N4O6. The Hall–Kier alpha value is -3.42. The van der Waals surface area contributed by atoms with Crippen molar-refractivity contribution < 1.29 is 38.3 Å². The fraction of sp³-hybridized carbons (Fsp3) is 0.316. The lowest BCUT2D eigenvalue weighted by Gasteiger charge is -2.17. The zero-order valence-corrected chi connectivity index (χ0v) is 32.8. The SMILES string of the molecule is Cc1cc(I)ccc1Nc1cc(F)ccc1C(=O)NOC(CO)C1CC1.Cc1cc(I)ccc1Nc1cc(F)ccc1C(=O)NOCC1CC1CO. The number of amides is 2. The number of halogens is 4. The van der Waals surface area contributed by atoms with E-state index in [4.69, 9.17) is 14.8 Å². The Balaban J connectivity index is 0.000000201. The van der Waals surface area contributed by atoms with Crippen molar-refractivity contribution in [2.75, 3.05) is 30.5 Å². The minimum atomic E-state index is -0.491. The fourth-order valence-corrected chi connectivity index (χ4v) is 6.70. The Labute approximate surface area is 328 Å². The molecule has 3 atom stereocenters. The first-order chi connectivity index (χ1) is 24.9. The topological polar surface area (TPSA) is 141 Å². The third kappa shape index (κ3) is 11.3. The molecule has 2 amide bonds. The number of aryl methyl sites for hydroxylation is 2. The highest BCUT2D eigenvalue weighted by Gasteiger charge is 2.36. The van der Waals surface area contributed by atoms with Gasteiger partial charge in [-0.1, -0.05) is 0 Å². The number of anilines is 4. The number of carbonyl (C=O) groups is 2. The Morgan fingerprint density at radius 3 is 1.71 bits per heavy atom. The molecule has 4 aromatic rings. The number of hydrogen-bond donors (Lipinski definition) is 6. The number of hydrogen-bond acceptors (Lipinski definition) is 8. The molecule has 2 aliphatic rings. The van der Waals surface area contributed by atoms with Gasteiger partial charge in [0, 0.05) is 25.1 Å². The lowest BCUT2D eigenvalue weighted by atomic mass is 10.1. The van der Waals surface area contributed by atoms with E-state index in [0.717, 1.165) is 48.9 Å². The van der Waals surface area contributed by atoms with Crippen LogP contribution in [0.1, 0.15) is 51.1 Å². The zero-order valence-electron chi connectivity index (χ0n) is 28.5. The van der Waals surface area contributed by atoms with Crippen molar-refractivity contribution in [3.05, 3.63) is 114 Å². The quantitative estimate of drug-likeness (QED) is 0.0559. The third-order valence-corrected chi connectivity index (χ3v) is 10.1. The summed E-state index contributed by atoms with van der Waals surface area (Å²) in [6, 6.07) is 19.5. The van der Waals surface area contributed by atoms with Gasteiger partial charge in [0.15, 0.2) is 0 Å². The predicted molar refractivity (Wildman–Crippen MR) is 211 cm³/mol. The summed E-state index contributed by atoms with van der Waals surface area (Å²) in [4.78, 5) is 35.5. The van der Waals surface area contributed by atoms with E-state index in [0.29, 0.717) is 23.5 Å². The molecule has 0 aromatic heterocycles. The Morgan fingerprint density at radius 1 is 0.750 bits per heavy atom. The highest BCUT2D eigenvalue weighted by Crippen LogP contribution is 2.38. The molecule has 2 saturated carbocycles. The maximum absolute atomic E-state index is 13.7. The van der Waals surface area contributed by atoms with E-state index in [1.165, 1.54) is 36.4 Å². The molecular weight excluding hydrogens is 900 g/mol. The highest BCUT2D eigenvalue weighted by atomic mass is 127. The monoisotopic (exact) mass is 940 g/mol. The molecule has 0 radical (unpaired) electrons. The summed E-state index contributed by atoms with van der Waals surface area (Å²) in [5.74, 6) is -0.997. The third-order valence-electron chi connectivity index (χ3n) is 8.76. The van der Waals surface area contributed by atoms with Crippen LogP contribution in [0, 0.1) is 50.4 Å². The molecule has 0 aliphatic heterocycles. The van der Waals surface area contributed by atoms with Crippen LogP contribution in [0.3, 0.4) is 0 Å². The van der Waals surface area contributed by atoms with E-state index in [2.05, 4.69) is 66.8 Å². The van der Waals surface area contributed by atoms with E-state index in [1.807, 2.05) is 50.2 Å². The molecule has 2 aliphatic carbocycles. The van der Waals surface area contributed by atoms with Gasteiger partial charge in [0.25, 0.3) is 11.8 Å². The first-order valence-corrected chi connectivity index (χ1v) is 18.9. The highest BCUT2D eigenvalue weighted by molar-refractivity contribution is 14.1. The van der Waals surface area contributed by atoms with Gasteiger partial charge in [-0.2, -0.15) is 0 Å². The molecule has 0 heterocycles. The number of benzene rings is 4. The van der Waals surface area contributed by atoms with Crippen LogP contribution in [-0.4, -0.2) is 48.0 Å². The number of hydroxylamine groups is 2. The molecule has 0 bridgehead atoms. The summed E-state index contributed by atoms with van der Waals surface area (Å²) in [5.41, 5.74) is 9.62.